The number of Topliss-reactive ketones (excluding diaryl/α,β-unsaturated/α-hetero) is 2. The van der Waals surface area contributed by atoms with Gasteiger partial charge in [0.1, 0.15) is 0 Å². The molecule has 0 radical (unpaired) electrons. The van der Waals surface area contributed by atoms with E-state index in [1.54, 1.807) is 22.9 Å². The molecule has 0 saturated carbocycles. The van der Waals surface area contributed by atoms with Crippen LogP contribution in [0.3, 0.4) is 0 Å². The van der Waals surface area contributed by atoms with E-state index in [1.165, 1.54) is 13.8 Å². The monoisotopic (exact) mass is 244 g/mol. The molecule has 0 aliphatic heterocycles. The minimum atomic E-state index is -0.0499. The summed E-state index contributed by atoms with van der Waals surface area (Å²) in [4.78, 5) is 27.6. The Morgan fingerprint density at radius 2 is 2.00 bits per heavy atom. The summed E-state index contributed by atoms with van der Waals surface area (Å²) < 4.78 is 1.77. The number of rotatable bonds is 4. The van der Waals surface area contributed by atoms with Gasteiger partial charge in [-0.1, -0.05) is 13.3 Å². The molecule has 2 heterocycles. The Morgan fingerprint density at radius 3 is 2.56 bits per heavy atom. The lowest BCUT2D eigenvalue weighted by molar-refractivity contribution is 0.101. The summed E-state index contributed by atoms with van der Waals surface area (Å²) in [5, 5.41) is 0. The lowest BCUT2D eigenvalue weighted by Crippen LogP contribution is -2.02. The second kappa shape index (κ2) is 4.72. The molecule has 0 fully saturated rings. The fraction of sp³-hybridized carbons (Fsp3) is 0.357. The van der Waals surface area contributed by atoms with Gasteiger partial charge in [0.05, 0.1) is 16.9 Å². The molecule has 0 aliphatic rings. The van der Waals surface area contributed by atoms with E-state index in [1.807, 2.05) is 0 Å². The number of nitrogens with zero attached hydrogens (tertiary/aromatic N) is 2. The Labute approximate surface area is 106 Å². The molecule has 0 bridgehead atoms. The molecule has 2 aromatic heterocycles. The molecule has 18 heavy (non-hydrogen) atoms. The zero-order chi connectivity index (χ0) is 13.3. The van der Waals surface area contributed by atoms with Crippen molar-refractivity contribution in [3.63, 3.8) is 0 Å². The molecule has 0 saturated heterocycles. The Kier molecular flexibility index (Phi) is 3.28. The highest BCUT2D eigenvalue weighted by Gasteiger charge is 2.17. The van der Waals surface area contributed by atoms with Gasteiger partial charge in [-0.25, -0.2) is 0 Å². The van der Waals surface area contributed by atoms with Gasteiger partial charge < -0.3 is 4.40 Å². The summed E-state index contributed by atoms with van der Waals surface area (Å²) >= 11 is 0. The summed E-state index contributed by atoms with van der Waals surface area (Å²) in [7, 11) is 0. The van der Waals surface area contributed by atoms with Crippen molar-refractivity contribution in [3.05, 3.63) is 35.4 Å². The van der Waals surface area contributed by atoms with E-state index >= 15 is 0 Å². The second-order valence-electron chi connectivity index (χ2n) is 4.40. The van der Waals surface area contributed by atoms with Crippen LogP contribution in [0.1, 0.15) is 53.7 Å². The van der Waals surface area contributed by atoms with Crippen LogP contribution >= 0.6 is 0 Å². The van der Waals surface area contributed by atoms with E-state index in [-0.39, 0.29) is 11.6 Å². The van der Waals surface area contributed by atoms with E-state index in [0.717, 1.165) is 24.1 Å². The van der Waals surface area contributed by atoms with Crippen molar-refractivity contribution in [1.29, 1.82) is 0 Å². The van der Waals surface area contributed by atoms with Crippen molar-refractivity contribution in [3.8, 4) is 0 Å². The molecular weight excluding hydrogens is 228 g/mol. The van der Waals surface area contributed by atoms with Crippen molar-refractivity contribution >= 4 is 17.1 Å². The summed E-state index contributed by atoms with van der Waals surface area (Å²) in [5.41, 5.74) is 2.77. The van der Waals surface area contributed by atoms with Crippen LogP contribution in [0.4, 0.5) is 0 Å². The zero-order valence-electron chi connectivity index (χ0n) is 10.9. The minimum Gasteiger partial charge on any atom is -0.310 e. The van der Waals surface area contributed by atoms with E-state index < -0.39 is 0 Å². The van der Waals surface area contributed by atoms with Crippen LogP contribution in [-0.2, 0) is 6.42 Å². The van der Waals surface area contributed by atoms with Crippen molar-refractivity contribution in [2.45, 2.75) is 33.6 Å². The number of aromatic nitrogens is 2. The highest BCUT2D eigenvalue weighted by molar-refractivity contribution is 6.05. The third-order valence-electron chi connectivity index (χ3n) is 2.98. The molecule has 4 heteroatoms. The number of ketones is 2. The molecular formula is C14H16N2O2. The molecule has 0 unspecified atom stereocenters. The van der Waals surface area contributed by atoms with Crippen molar-refractivity contribution in [2.24, 2.45) is 0 Å². The lowest BCUT2D eigenvalue weighted by atomic mass is 10.1. The fourth-order valence-corrected chi connectivity index (χ4v) is 2.18. The molecule has 0 amide bonds. The van der Waals surface area contributed by atoms with E-state index in [2.05, 4.69) is 11.9 Å². The molecule has 0 spiro atoms. The maximum Gasteiger partial charge on any atom is 0.176 e. The first kappa shape index (κ1) is 12.5. The van der Waals surface area contributed by atoms with Gasteiger partial charge in [-0.3, -0.25) is 14.6 Å². The van der Waals surface area contributed by atoms with Crippen LogP contribution in [0.15, 0.2) is 18.5 Å². The first-order valence-electron chi connectivity index (χ1n) is 6.07. The fourth-order valence-electron chi connectivity index (χ4n) is 2.18. The predicted molar refractivity (Wildman–Crippen MR) is 69.2 cm³/mol. The SMILES string of the molecule is CCCc1nccn2c(C(C)=O)cc(C(C)=O)c12. The van der Waals surface area contributed by atoms with Crippen LogP contribution in [0.5, 0.6) is 0 Å². The minimum absolute atomic E-state index is 0.0367. The molecule has 4 nitrogen and oxygen atoms in total. The Hall–Kier alpha value is -1.97. The van der Waals surface area contributed by atoms with E-state index in [9.17, 15) is 9.59 Å². The standard InChI is InChI=1S/C14H16N2O2/c1-4-5-12-14-11(9(2)17)8-13(10(3)18)16(14)7-6-15-12/h6-8H,4-5H2,1-3H3. The Bertz CT molecular complexity index is 626. The predicted octanol–water partition coefficient (Wildman–Crippen LogP) is 2.69. The molecule has 2 rings (SSSR count). The van der Waals surface area contributed by atoms with E-state index in [4.69, 9.17) is 0 Å². The molecule has 0 aliphatic carbocycles. The quantitative estimate of drug-likeness (QED) is 0.777. The van der Waals surface area contributed by atoms with Crippen LogP contribution in [0, 0.1) is 0 Å². The van der Waals surface area contributed by atoms with Crippen LogP contribution in [0.25, 0.3) is 5.52 Å². The maximum absolute atomic E-state index is 11.7. The number of fused-ring (bicyclic) bond motifs is 1. The normalized spacial score (nSPS) is 10.8. The number of carbonyl (C=O) groups is 2. The second-order valence-corrected chi connectivity index (χ2v) is 4.40. The van der Waals surface area contributed by atoms with Gasteiger partial charge in [0.15, 0.2) is 11.6 Å². The van der Waals surface area contributed by atoms with Gasteiger partial charge in [-0.05, 0) is 19.4 Å². The van der Waals surface area contributed by atoms with Crippen molar-refractivity contribution < 1.29 is 9.59 Å². The summed E-state index contributed by atoms with van der Waals surface area (Å²) in [6, 6.07) is 1.67. The smallest absolute Gasteiger partial charge is 0.176 e. The van der Waals surface area contributed by atoms with Gasteiger partial charge in [0.2, 0.25) is 0 Å². The maximum atomic E-state index is 11.7. The molecule has 0 atom stereocenters. The third-order valence-corrected chi connectivity index (χ3v) is 2.98. The largest absolute Gasteiger partial charge is 0.310 e. The average Bonchev–Trinajstić information content (AvgIpc) is 2.70. The van der Waals surface area contributed by atoms with Gasteiger partial charge in [0, 0.05) is 24.9 Å². The number of hydrogen-bond acceptors (Lipinski definition) is 3. The van der Waals surface area contributed by atoms with Crippen molar-refractivity contribution in [2.75, 3.05) is 0 Å². The zero-order valence-corrected chi connectivity index (χ0v) is 10.9. The van der Waals surface area contributed by atoms with Crippen LogP contribution < -0.4 is 0 Å². The Morgan fingerprint density at radius 1 is 1.28 bits per heavy atom. The van der Waals surface area contributed by atoms with E-state index in [0.29, 0.717) is 11.3 Å². The number of carbonyl (C=O) groups excluding carboxylic acids is 2. The number of aryl methyl sites for hydroxylation is 1. The molecule has 0 N–H and O–H groups in total. The molecule has 94 valence electrons. The summed E-state index contributed by atoms with van der Waals surface area (Å²) in [6.07, 6.45) is 5.16. The highest BCUT2D eigenvalue weighted by atomic mass is 16.1. The van der Waals surface area contributed by atoms with Crippen molar-refractivity contribution in [1.82, 2.24) is 9.38 Å². The molecule has 0 aromatic carbocycles. The summed E-state index contributed by atoms with van der Waals surface area (Å²) in [6.45, 7) is 5.08. The number of hydrogen-bond donors (Lipinski definition) is 0. The first-order chi connectivity index (χ1) is 8.56. The average molecular weight is 244 g/mol. The van der Waals surface area contributed by atoms with Gasteiger partial charge in [-0.15, -0.1) is 0 Å². The lowest BCUT2D eigenvalue weighted by Gasteiger charge is -2.05. The third kappa shape index (κ3) is 1.94. The van der Waals surface area contributed by atoms with Gasteiger partial charge in [-0.2, -0.15) is 0 Å². The highest BCUT2D eigenvalue weighted by Crippen LogP contribution is 2.21. The van der Waals surface area contributed by atoms with Gasteiger partial charge >= 0.3 is 0 Å². The van der Waals surface area contributed by atoms with Crippen LogP contribution in [-0.4, -0.2) is 21.0 Å². The first-order valence-corrected chi connectivity index (χ1v) is 6.07. The topological polar surface area (TPSA) is 51.4 Å². The van der Waals surface area contributed by atoms with Crippen LogP contribution in [0.2, 0.25) is 0 Å². The summed E-state index contributed by atoms with van der Waals surface area (Å²) in [5.74, 6) is -0.0866. The Balaban J connectivity index is 2.82. The van der Waals surface area contributed by atoms with Gasteiger partial charge in [0.25, 0.3) is 0 Å². The molecule has 2 aromatic rings.